The molecule has 1 amide bonds. The van der Waals surface area contributed by atoms with Gasteiger partial charge in [-0.2, -0.15) is 0 Å². The van der Waals surface area contributed by atoms with E-state index in [4.69, 9.17) is 11.6 Å². The normalized spacial score (nSPS) is 13.6. The summed E-state index contributed by atoms with van der Waals surface area (Å²) in [4.78, 5) is 28.6. The third-order valence-electron chi connectivity index (χ3n) is 4.10. The molecule has 0 bridgehead atoms. The highest BCUT2D eigenvalue weighted by Gasteiger charge is 2.28. The van der Waals surface area contributed by atoms with E-state index in [1.165, 1.54) is 22.7 Å². The first kappa shape index (κ1) is 17.2. The predicted molar refractivity (Wildman–Crippen MR) is 104 cm³/mol. The number of thiazole rings is 1. The summed E-state index contributed by atoms with van der Waals surface area (Å²) in [6.07, 6.45) is 2.23. The number of benzene rings is 1. The number of hydrogen-bond acceptors (Lipinski definition) is 5. The van der Waals surface area contributed by atoms with Gasteiger partial charge in [0.2, 0.25) is 0 Å². The summed E-state index contributed by atoms with van der Waals surface area (Å²) in [5.74, 6) is -1.00. The number of anilines is 1. The number of aromatic nitrogens is 1. The van der Waals surface area contributed by atoms with Crippen molar-refractivity contribution in [2.45, 2.75) is 18.8 Å². The molecule has 2 aromatic heterocycles. The van der Waals surface area contributed by atoms with Crippen LogP contribution >= 0.6 is 34.3 Å². The Morgan fingerprint density at radius 3 is 2.54 bits per heavy atom. The lowest BCUT2D eigenvalue weighted by Gasteiger charge is -2.05. The largest absolute Gasteiger partial charge is 0.478 e. The number of carbonyl (C=O) groups excluding carboxylic acids is 1. The monoisotopic (exact) mass is 404 g/mol. The van der Waals surface area contributed by atoms with Crippen molar-refractivity contribution in [1.29, 1.82) is 0 Å². The van der Waals surface area contributed by atoms with Crippen molar-refractivity contribution in [3.05, 3.63) is 56.3 Å². The lowest BCUT2D eigenvalue weighted by molar-refractivity contribution is 0.0699. The van der Waals surface area contributed by atoms with Crippen molar-refractivity contribution in [3.63, 3.8) is 0 Å². The molecule has 4 rings (SSSR count). The Morgan fingerprint density at radius 2 is 1.88 bits per heavy atom. The van der Waals surface area contributed by atoms with E-state index in [0.717, 1.165) is 24.1 Å². The van der Waals surface area contributed by atoms with Crippen LogP contribution in [-0.2, 0) is 0 Å². The van der Waals surface area contributed by atoms with Crippen LogP contribution in [-0.4, -0.2) is 22.0 Å². The van der Waals surface area contributed by atoms with E-state index >= 15 is 0 Å². The summed E-state index contributed by atoms with van der Waals surface area (Å²) in [5, 5.41) is 17.2. The Balaban J connectivity index is 1.62. The Bertz CT molecular complexity index is 990. The highest BCUT2D eigenvalue weighted by Crippen LogP contribution is 2.40. The third-order valence-corrected chi connectivity index (χ3v) is 6.11. The molecule has 2 heterocycles. The molecule has 0 atom stereocenters. The van der Waals surface area contributed by atoms with Crippen LogP contribution in [0.1, 0.15) is 44.6 Å². The molecular weight excluding hydrogens is 392 g/mol. The minimum Gasteiger partial charge on any atom is -0.478 e. The average Bonchev–Trinajstić information content (AvgIpc) is 3.18. The molecule has 1 aliphatic rings. The van der Waals surface area contributed by atoms with Gasteiger partial charge in [0.15, 0.2) is 5.01 Å². The quantitative estimate of drug-likeness (QED) is 0.600. The van der Waals surface area contributed by atoms with E-state index in [9.17, 15) is 14.7 Å². The zero-order valence-electron chi connectivity index (χ0n) is 13.4. The van der Waals surface area contributed by atoms with Gasteiger partial charge in [-0.1, -0.05) is 23.7 Å². The molecule has 1 fully saturated rings. The van der Waals surface area contributed by atoms with Crippen LogP contribution in [0.15, 0.2) is 35.0 Å². The molecule has 0 saturated heterocycles. The Morgan fingerprint density at radius 1 is 1.15 bits per heavy atom. The van der Waals surface area contributed by atoms with Gasteiger partial charge in [-0.3, -0.25) is 4.79 Å². The maximum Gasteiger partial charge on any atom is 0.339 e. The van der Waals surface area contributed by atoms with Gasteiger partial charge in [0.1, 0.15) is 10.6 Å². The van der Waals surface area contributed by atoms with Crippen LogP contribution in [0.25, 0.3) is 11.1 Å². The number of carboxylic acids is 1. The van der Waals surface area contributed by atoms with E-state index in [1.807, 2.05) is 5.38 Å². The van der Waals surface area contributed by atoms with Gasteiger partial charge in [0.05, 0.1) is 5.69 Å². The highest BCUT2D eigenvalue weighted by atomic mass is 35.5. The molecule has 0 unspecified atom stereocenters. The van der Waals surface area contributed by atoms with E-state index in [-0.39, 0.29) is 11.5 Å². The van der Waals surface area contributed by atoms with Crippen LogP contribution in [0, 0.1) is 0 Å². The van der Waals surface area contributed by atoms with Crippen molar-refractivity contribution < 1.29 is 14.7 Å². The minimum atomic E-state index is -1.09. The predicted octanol–water partition coefficient (Wildman–Crippen LogP) is 5.35. The summed E-state index contributed by atoms with van der Waals surface area (Å²) in [5.41, 5.74) is 2.30. The van der Waals surface area contributed by atoms with Gasteiger partial charge in [0.25, 0.3) is 5.91 Å². The zero-order chi connectivity index (χ0) is 18.3. The summed E-state index contributed by atoms with van der Waals surface area (Å²) in [7, 11) is 0. The van der Waals surface area contributed by atoms with Crippen LogP contribution in [0.5, 0.6) is 0 Å². The molecule has 0 aliphatic heterocycles. The first-order chi connectivity index (χ1) is 12.5. The lowest BCUT2D eigenvalue weighted by Crippen LogP contribution is -2.13. The summed E-state index contributed by atoms with van der Waals surface area (Å²) in [6, 6.07) is 6.91. The molecule has 8 heteroatoms. The second-order valence-electron chi connectivity index (χ2n) is 5.97. The number of rotatable bonds is 5. The number of amides is 1. The second-order valence-corrected chi connectivity index (χ2v) is 8.15. The maximum atomic E-state index is 12.5. The number of thiophene rings is 1. The average molecular weight is 405 g/mol. The topological polar surface area (TPSA) is 79.3 Å². The van der Waals surface area contributed by atoms with Crippen molar-refractivity contribution in [2.24, 2.45) is 0 Å². The number of carboxylic acid groups (broad SMARTS) is 1. The maximum absolute atomic E-state index is 12.5. The Hall–Kier alpha value is -2.22. The fourth-order valence-corrected chi connectivity index (χ4v) is 4.49. The van der Waals surface area contributed by atoms with Crippen LogP contribution < -0.4 is 5.32 Å². The molecule has 1 aromatic carbocycles. The lowest BCUT2D eigenvalue weighted by atomic mass is 10.0. The summed E-state index contributed by atoms with van der Waals surface area (Å²) in [6.45, 7) is 0. The van der Waals surface area contributed by atoms with E-state index in [1.54, 1.807) is 29.6 Å². The van der Waals surface area contributed by atoms with Crippen molar-refractivity contribution >= 4 is 51.2 Å². The van der Waals surface area contributed by atoms with Gasteiger partial charge >= 0.3 is 5.97 Å². The fourth-order valence-electron chi connectivity index (χ4n) is 2.62. The number of nitrogens with one attached hydrogen (secondary N) is 1. The van der Waals surface area contributed by atoms with Gasteiger partial charge in [0, 0.05) is 27.3 Å². The molecule has 26 heavy (non-hydrogen) atoms. The molecule has 0 spiro atoms. The minimum absolute atomic E-state index is 0.0737. The fraction of sp³-hybridized carbons (Fsp3) is 0.167. The molecule has 2 N–H and O–H groups in total. The smallest absolute Gasteiger partial charge is 0.339 e. The molecule has 132 valence electrons. The standard InChI is InChI=1S/C18H13ClN2O3S2/c19-11-5-3-9(4-6-11)12-7-25-16(14(12)18(23)24)21-15(22)17-20-13(8-26-17)10-1-2-10/h3-8,10H,1-2H2,(H,21,22)(H,23,24). The van der Waals surface area contributed by atoms with Crippen LogP contribution in [0.2, 0.25) is 5.02 Å². The molecule has 1 aliphatic carbocycles. The molecule has 3 aromatic rings. The first-order valence-electron chi connectivity index (χ1n) is 7.90. The molecular formula is C18H13ClN2O3S2. The Labute approximate surface area is 162 Å². The highest BCUT2D eigenvalue weighted by molar-refractivity contribution is 7.15. The second kappa shape index (κ2) is 6.83. The van der Waals surface area contributed by atoms with E-state index in [2.05, 4.69) is 10.3 Å². The first-order valence-corrected chi connectivity index (χ1v) is 10.0. The number of nitrogens with zero attached hydrogens (tertiary/aromatic N) is 1. The van der Waals surface area contributed by atoms with Gasteiger partial charge in [-0.15, -0.1) is 22.7 Å². The molecule has 5 nitrogen and oxygen atoms in total. The van der Waals surface area contributed by atoms with Crippen molar-refractivity contribution in [2.75, 3.05) is 5.32 Å². The molecule has 1 saturated carbocycles. The van der Waals surface area contributed by atoms with E-state index in [0.29, 0.717) is 26.5 Å². The van der Waals surface area contributed by atoms with Gasteiger partial charge in [-0.05, 0) is 30.5 Å². The van der Waals surface area contributed by atoms with Crippen molar-refractivity contribution in [1.82, 2.24) is 4.98 Å². The van der Waals surface area contributed by atoms with Gasteiger partial charge in [-0.25, -0.2) is 9.78 Å². The van der Waals surface area contributed by atoms with Crippen LogP contribution in [0.4, 0.5) is 5.00 Å². The van der Waals surface area contributed by atoms with Gasteiger partial charge < -0.3 is 10.4 Å². The SMILES string of the molecule is O=C(Nc1scc(-c2ccc(Cl)cc2)c1C(=O)O)c1nc(C2CC2)cs1. The van der Waals surface area contributed by atoms with Crippen LogP contribution in [0.3, 0.4) is 0 Å². The summed E-state index contributed by atoms with van der Waals surface area (Å²) < 4.78 is 0. The third kappa shape index (κ3) is 3.38. The number of aromatic carboxylic acids is 1. The molecule has 0 radical (unpaired) electrons. The van der Waals surface area contributed by atoms with E-state index < -0.39 is 5.97 Å². The number of halogens is 1. The zero-order valence-corrected chi connectivity index (χ0v) is 15.7. The number of carbonyl (C=O) groups is 2. The summed E-state index contributed by atoms with van der Waals surface area (Å²) >= 11 is 8.36. The number of hydrogen-bond donors (Lipinski definition) is 2. The Kier molecular flexibility index (Phi) is 4.52. The van der Waals surface area contributed by atoms with Crippen molar-refractivity contribution in [3.8, 4) is 11.1 Å².